The molecule has 1 atom stereocenters. The minimum Gasteiger partial charge on any atom is -0.391 e. The maximum absolute atomic E-state index is 10.6. The summed E-state index contributed by atoms with van der Waals surface area (Å²) in [6, 6.07) is 0. The second kappa shape index (κ2) is 3.75. The summed E-state index contributed by atoms with van der Waals surface area (Å²) in [6.45, 7) is 5.10. The van der Waals surface area contributed by atoms with E-state index in [1.54, 1.807) is 20.8 Å². The molecule has 0 saturated heterocycles. The zero-order valence-electron chi connectivity index (χ0n) is 8.39. The molecule has 0 amide bonds. The van der Waals surface area contributed by atoms with Gasteiger partial charge in [-0.1, -0.05) is 0 Å². The van der Waals surface area contributed by atoms with Crippen molar-refractivity contribution < 1.29 is 10.0 Å². The Hall–Kier alpha value is -1.43. The fraction of sp³-hybridized carbons (Fsp3) is 0.625. The number of aliphatic hydroxyl groups is 1. The lowest BCUT2D eigenvalue weighted by atomic mass is 10.3. The average molecular weight is 199 g/mol. The van der Waals surface area contributed by atoms with Gasteiger partial charge in [0.2, 0.25) is 0 Å². The van der Waals surface area contributed by atoms with Crippen molar-refractivity contribution in [3.63, 3.8) is 0 Å². The van der Waals surface area contributed by atoms with Gasteiger partial charge in [-0.25, -0.2) is 0 Å². The first-order valence-corrected chi connectivity index (χ1v) is 4.30. The molecule has 0 bridgehead atoms. The Labute approximate surface area is 81.3 Å². The highest BCUT2D eigenvalue weighted by molar-refractivity contribution is 5.39. The number of aryl methyl sites for hydroxylation is 1. The van der Waals surface area contributed by atoms with Crippen LogP contribution in [-0.2, 0) is 6.54 Å². The molecule has 6 nitrogen and oxygen atoms in total. The van der Waals surface area contributed by atoms with Gasteiger partial charge in [0.05, 0.1) is 17.6 Å². The number of aromatic nitrogens is 2. The second-order valence-electron chi connectivity index (χ2n) is 3.31. The minimum absolute atomic E-state index is 0.0330. The molecule has 1 N–H and O–H groups in total. The van der Waals surface area contributed by atoms with Crippen molar-refractivity contribution in [1.82, 2.24) is 9.78 Å². The Morgan fingerprint density at radius 2 is 2.21 bits per heavy atom. The monoisotopic (exact) mass is 199 g/mol. The summed E-state index contributed by atoms with van der Waals surface area (Å²) in [6.07, 6.45) is -0.562. The smallest absolute Gasteiger partial charge is 0.312 e. The largest absolute Gasteiger partial charge is 0.391 e. The van der Waals surface area contributed by atoms with Crippen LogP contribution in [0, 0.1) is 24.0 Å². The average Bonchev–Trinajstić information content (AvgIpc) is 2.25. The first-order chi connectivity index (χ1) is 6.43. The normalized spacial score (nSPS) is 12.9. The molecule has 0 radical (unpaired) electrons. The van der Waals surface area contributed by atoms with Crippen LogP contribution in [-0.4, -0.2) is 25.9 Å². The fourth-order valence-electron chi connectivity index (χ4n) is 1.38. The molecular weight excluding hydrogens is 186 g/mol. The van der Waals surface area contributed by atoms with Gasteiger partial charge in [0.1, 0.15) is 11.4 Å². The molecule has 0 aliphatic carbocycles. The molecule has 0 saturated carbocycles. The molecule has 14 heavy (non-hydrogen) atoms. The molecular formula is C8H13N3O3. The molecule has 1 unspecified atom stereocenters. The SMILES string of the molecule is Cc1nn(CC(C)O)c(C)c1[N+](=O)[O-]. The molecule has 1 rings (SSSR count). The van der Waals surface area contributed by atoms with Crippen LogP contribution in [0.3, 0.4) is 0 Å². The highest BCUT2D eigenvalue weighted by Crippen LogP contribution is 2.21. The van der Waals surface area contributed by atoms with Gasteiger partial charge in [-0.3, -0.25) is 14.8 Å². The third kappa shape index (κ3) is 1.90. The van der Waals surface area contributed by atoms with Gasteiger partial charge in [-0.2, -0.15) is 5.10 Å². The standard InChI is InChI=1S/C8H13N3O3/c1-5(12)4-10-7(3)8(11(13)14)6(2)9-10/h5,12H,4H2,1-3H3. The van der Waals surface area contributed by atoms with Crippen LogP contribution in [0.5, 0.6) is 0 Å². The summed E-state index contributed by atoms with van der Waals surface area (Å²) in [7, 11) is 0. The van der Waals surface area contributed by atoms with Crippen molar-refractivity contribution in [1.29, 1.82) is 0 Å². The number of hydrogen-bond donors (Lipinski definition) is 1. The topological polar surface area (TPSA) is 81.2 Å². The van der Waals surface area contributed by atoms with Gasteiger partial charge >= 0.3 is 5.69 Å². The summed E-state index contributed by atoms with van der Waals surface area (Å²) in [4.78, 5) is 10.2. The lowest BCUT2D eigenvalue weighted by Gasteiger charge is -2.04. The Morgan fingerprint density at radius 1 is 1.64 bits per heavy atom. The third-order valence-corrected chi connectivity index (χ3v) is 1.96. The summed E-state index contributed by atoms with van der Waals surface area (Å²) < 4.78 is 1.46. The molecule has 1 aromatic rings. The Bertz CT molecular complexity index is 357. The van der Waals surface area contributed by atoms with Crippen LogP contribution >= 0.6 is 0 Å². The minimum atomic E-state index is -0.562. The number of hydrogen-bond acceptors (Lipinski definition) is 4. The molecule has 6 heteroatoms. The maximum Gasteiger partial charge on any atom is 0.312 e. The van der Waals surface area contributed by atoms with E-state index in [-0.39, 0.29) is 12.2 Å². The Kier molecular flexibility index (Phi) is 2.85. The van der Waals surface area contributed by atoms with E-state index in [1.165, 1.54) is 4.68 Å². The summed E-state index contributed by atoms with van der Waals surface area (Å²) >= 11 is 0. The molecule has 78 valence electrons. The number of nitrogens with zero attached hydrogens (tertiary/aromatic N) is 3. The zero-order chi connectivity index (χ0) is 10.9. The maximum atomic E-state index is 10.6. The van der Waals surface area contributed by atoms with Gasteiger partial charge in [-0.05, 0) is 20.8 Å². The van der Waals surface area contributed by atoms with Crippen LogP contribution in [0.4, 0.5) is 5.69 Å². The van der Waals surface area contributed by atoms with Crippen molar-refractivity contribution in [3.8, 4) is 0 Å². The lowest BCUT2D eigenvalue weighted by Crippen LogP contribution is -2.14. The summed E-state index contributed by atoms with van der Waals surface area (Å²) in [5.74, 6) is 0. The molecule has 0 aliphatic rings. The molecule has 0 spiro atoms. The van der Waals surface area contributed by atoms with Gasteiger partial charge in [0, 0.05) is 0 Å². The van der Waals surface area contributed by atoms with Crippen molar-refractivity contribution in [2.45, 2.75) is 33.4 Å². The quantitative estimate of drug-likeness (QED) is 0.576. The first kappa shape index (κ1) is 10.6. The van der Waals surface area contributed by atoms with Crippen LogP contribution in [0.25, 0.3) is 0 Å². The summed E-state index contributed by atoms with van der Waals surface area (Å²) in [5.41, 5.74) is 0.896. The van der Waals surface area contributed by atoms with E-state index in [0.717, 1.165) is 0 Å². The van der Waals surface area contributed by atoms with Crippen LogP contribution in [0.2, 0.25) is 0 Å². The van der Waals surface area contributed by atoms with Gasteiger partial charge in [-0.15, -0.1) is 0 Å². The van der Waals surface area contributed by atoms with Crippen molar-refractivity contribution in [2.24, 2.45) is 0 Å². The predicted octanol–water partition coefficient (Wildman–Crippen LogP) is 0.789. The predicted molar refractivity (Wildman–Crippen MR) is 50.0 cm³/mol. The van der Waals surface area contributed by atoms with Crippen LogP contribution in [0.15, 0.2) is 0 Å². The van der Waals surface area contributed by atoms with E-state index in [0.29, 0.717) is 11.4 Å². The number of rotatable bonds is 3. The van der Waals surface area contributed by atoms with Gasteiger partial charge in [0.25, 0.3) is 0 Å². The van der Waals surface area contributed by atoms with E-state index in [4.69, 9.17) is 5.11 Å². The Morgan fingerprint density at radius 3 is 2.57 bits per heavy atom. The van der Waals surface area contributed by atoms with Crippen LogP contribution in [0.1, 0.15) is 18.3 Å². The van der Waals surface area contributed by atoms with Crippen molar-refractivity contribution >= 4 is 5.69 Å². The van der Waals surface area contributed by atoms with E-state index < -0.39 is 11.0 Å². The molecule has 0 fully saturated rings. The van der Waals surface area contributed by atoms with Gasteiger partial charge < -0.3 is 5.11 Å². The Balaban J connectivity index is 3.10. The summed E-state index contributed by atoms with van der Waals surface area (Å²) in [5, 5.41) is 23.8. The third-order valence-electron chi connectivity index (χ3n) is 1.96. The van der Waals surface area contributed by atoms with E-state index >= 15 is 0 Å². The van der Waals surface area contributed by atoms with E-state index in [2.05, 4.69) is 5.10 Å². The van der Waals surface area contributed by atoms with E-state index in [1.807, 2.05) is 0 Å². The number of nitro groups is 1. The zero-order valence-corrected chi connectivity index (χ0v) is 8.39. The molecule has 1 heterocycles. The van der Waals surface area contributed by atoms with Crippen LogP contribution < -0.4 is 0 Å². The lowest BCUT2D eigenvalue weighted by molar-refractivity contribution is -0.386. The first-order valence-electron chi connectivity index (χ1n) is 4.30. The highest BCUT2D eigenvalue weighted by Gasteiger charge is 2.21. The molecule has 0 aromatic carbocycles. The molecule has 0 aliphatic heterocycles. The highest BCUT2D eigenvalue weighted by atomic mass is 16.6. The van der Waals surface area contributed by atoms with Crippen molar-refractivity contribution in [3.05, 3.63) is 21.5 Å². The number of aliphatic hydroxyl groups excluding tert-OH is 1. The van der Waals surface area contributed by atoms with E-state index in [9.17, 15) is 10.1 Å². The van der Waals surface area contributed by atoms with Crippen molar-refractivity contribution in [2.75, 3.05) is 0 Å². The molecule has 1 aromatic heterocycles. The second-order valence-corrected chi connectivity index (χ2v) is 3.31. The fourth-order valence-corrected chi connectivity index (χ4v) is 1.38. The van der Waals surface area contributed by atoms with Gasteiger partial charge in [0.15, 0.2) is 0 Å².